The molecule has 0 aromatic carbocycles. The van der Waals surface area contributed by atoms with Gasteiger partial charge < -0.3 is 4.74 Å². The highest BCUT2D eigenvalue weighted by molar-refractivity contribution is 6.00. The lowest BCUT2D eigenvalue weighted by molar-refractivity contribution is -0.118. The van der Waals surface area contributed by atoms with E-state index in [0.29, 0.717) is 6.42 Å². The molecule has 82 valence electrons. The van der Waals surface area contributed by atoms with E-state index in [1.165, 1.54) is 0 Å². The van der Waals surface area contributed by atoms with Crippen molar-refractivity contribution in [2.24, 2.45) is 5.41 Å². The van der Waals surface area contributed by atoms with E-state index >= 15 is 0 Å². The van der Waals surface area contributed by atoms with E-state index in [2.05, 4.69) is 13.8 Å². The molecule has 0 radical (unpaired) electrons. The summed E-state index contributed by atoms with van der Waals surface area (Å²) in [7, 11) is 0. The average molecular weight is 206 g/mol. The molecular formula is C13H18O2. The molecule has 1 aliphatic heterocycles. The van der Waals surface area contributed by atoms with Crippen molar-refractivity contribution in [1.82, 2.24) is 0 Å². The van der Waals surface area contributed by atoms with Crippen LogP contribution in [0.4, 0.5) is 0 Å². The molecular weight excluding hydrogens is 188 g/mol. The molecule has 0 N–H and O–H groups in total. The van der Waals surface area contributed by atoms with Gasteiger partial charge in [0.2, 0.25) is 0 Å². The first-order valence-electron chi connectivity index (χ1n) is 5.44. The second-order valence-electron chi connectivity index (χ2n) is 5.82. The third-order valence-corrected chi connectivity index (χ3v) is 2.92. The molecule has 15 heavy (non-hydrogen) atoms. The fourth-order valence-electron chi connectivity index (χ4n) is 2.19. The summed E-state index contributed by atoms with van der Waals surface area (Å²) in [6.07, 6.45) is 5.38. The van der Waals surface area contributed by atoms with E-state index < -0.39 is 0 Å². The largest absolute Gasteiger partial charge is 0.487 e. The zero-order valence-corrected chi connectivity index (χ0v) is 9.89. The summed E-state index contributed by atoms with van der Waals surface area (Å²) >= 11 is 0. The van der Waals surface area contributed by atoms with Crippen molar-refractivity contribution in [1.29, 1.82) is 0 Å². The predicted octanol–water partition coefficient (Wildman–Crippen LogP) is 2.99. The van der Waals surface area contributed by atoms with Crippen molar-refractivity contribution in [3.8, 4) is 0 Å². The Bertz CT molecular complexity index is 370. The van der Waals surface area contributed by atoms with Gasteiger partial charge in [-0.3, -0.25) is 4.79 Å². The van der Waals surface area contributed by atoms with Crippen LogP contribution in [0.5, 0.6) is 0 Å². The molecule has 0 saturated carbocycles. The molecule has 0 aromatic rings. The Labute approximate surface area is 91.0 Å². The van der Waals surface area contributed by atoms with Gasteiger partial charge in [-0.15, -0.1) is 0 Å². The number of hydrogen-bond acceptors (Lipinski definition) is 2. The Morgan fingerprint density at radius 1 is 1.20 bits per heavy atom. The molecule has 0 unspecified atom stereocenters. The van der Waals surface area contributed by atoms with Crippen LogP contribution in [0, 0.1) is 5.41 Å². The van der Waals surface area contributed by atoms with Gasteiger partial charge in [0.25, 0.3) is 0 Å². The summed E-state index contributed by atoms with van der Waals surface area (Å²) in [5.74, 6) is 1.09. The summed E-state index contributed by atoms with van der Waals surface area (Å²) < 4.78 is 5.86. The smallest absolute Gasteiger partial charge is 0.166 e. The summed E-state index contributed by atoms with van der Waals surface area (Å²) in [4.78, 5) is 11.9. The van der Waals surface area contributed by atoms with Crippen LogP contribution in [0.3, 0.4) is 0 Å². The molecule has 2 heteroatoms. The van der Waals surface area contributed by atoms with Gasteiger partial charge in [0.05, 0.1) is 5.57 Å². The van der Waals surface area contributed by atoms with Crippen LogP contribution in [0.25, 0.3) is 0 Å². The molecule has 0 aromatic heterocycles. The Hall–Kier alpha value is -1.05. The number of ether oxygens (including phenoxy) is 1. The first kappa shape index (κ1) is 10.5. The zero-order chi connectivity index (χ0) is 11.3. The number of carbonyl (C=O) groups is 1. The van der Waals surface area contributed by atoms with Gasteiger partial charge in [-0.25, -0.2) is 0 Å². The van der Waals surface area contributed by atoms with E-state index in [-0.39, 0.29) is 16.8 Å². The second kappa shape index (κ2) is 2.97. The standard InChI is InChI=1S/C13H18O2/c1-12(2)7-10(14)9-5-6-13(3,4)15-11(9)8-12/h5-6H,7-8H2,1-4H3. The van der Waals surface area contributed by atoms with Crippen LogP contribution in [-0.4, -0.2) is 11.4 Å². The number of carbonyl (C=O) groups excluding carboxylic acids is 1. The summed E-state index contributed by atoms with van der Waals surface area (Å²) in [6, 6.07) is 0. The predicted molar refractivity (Wildman–Crippen MR) is 59.4 cm³/mol. The van der Waals surface area contributed by atoms with Crippen LogP contribution in [-0.2, 0) is 9.53 Å². The summed E-state index contributed by atoms with van der Waals surface area (Å²) in [6.45, 7) is 8.26. The summed E-state index contributed by atoms with van der Waals surface area (Å²) in [5, 5.41) is 0. The van der Waals surface area contributed by atoms with Crippen LogP contribution < -0.4 is 0 Å². The third kappa shape index (κ3) is 1.99. The molecule has 1 aliphatic carbocycles. The first-order chi connectivity index (χ1) is 6.79. The lowest BCUT2D eigenvalue weighted by Gasteiger charge is -2.37. The normalized spacial score (nSPS) is 27.3. The molecule has 2 nitrogen and oxygen atoms in total. The fourth-order valence-corrected chi connectivity index (χ4v) is 2.19. The van der Waals surface area contributed by atoms with E-state index in [4.69, 9.17) is 4.74 Å². The molecule has 0 amide bonds. The number of hydrogen-bond donors (Lipinski definition) is 0. The van der Waals surface area contributed by atoms with Gasteiger partial charge in [-0.1, -0.05) is 13.8 Å². The molecule has 0 saturated heterocycles. The van der Waals surface area contributed by atoms with Gasteiger partial charge in [0, 0.05) is 12.8 Å². The molecule has 2 aliphatic rings. The van der Waals surface area contributed by atoms with Crippen LogP contribution in [0.1, 0.15) is 40.5 Å². The maximum absolute atomic E-state index is 11.9. The van der Waals surface area contributed by atoms with Crippen LogP contribution in [0.2, 0.25) is 0 Å². The first-order valence-corrected chi connectivity index (χ1v) is 5.44. The van der Waals surface area contributed by atoms with Gasteiger partial charge in [-0.2, -0.15) is 0 Å². The van der Waals surface area contributed by atoms with Crippen LogP contribution >= 0.6 is 0 Å². The Morgan fingerprint density at radius 3 is 2.53 bits per heavy atom. The number of ketones is 1. The molecule has 0 atom stereocenters. The second-order valence-corrected chi connectivity index (χ2v) is 5.82. The highest BCUT2D eigenvalue weighted by Crippen LogP contribution is 2.41. The minimum absolute atomic E-state index is 0.0389. The Morgan fingerprint density at radius 2 is 1.87 bits per heavy atom. The van der Waals surface area contributed by atoms with E-state index in [9.17, 15) is 4.79 Å². The SMILES string of the molecule is CC1(C)CC(=O)C2=C(C1)OC(C)(C)C=C2. The van der Waals surface area contributed by atoms with E-state index in [1.807, 2.05) is 26.0 Å². The maximum Gasteiger partial charge on any atom is 0.166 e. The van der Waals surface area contributed by atoms with Crippen molar-refractivity contribution >= 4 is 5.78 Å². The average Bonchev–Trinajstić information content (AvgIpc) is 1.97. The topological polar surface area (TPSA) is 26.3 Å². The van der Waals surface area contributed by atoms with Crippen molar-refractivity contribution in [3.63, 3.8) is 0 Å². The Kier molecular flexibility index (Phi) is 2.07. The molecule has 1 heterocycles. The highest BCUT2D eigenvalue weighted by atomic mass is 16.5. The summed E-state index contributed by atoms with van der Waals surface area (Å²) in [5.41, 5.74) is 0.553. The monoisotopic (exact) mass is 206 g/mol. The van der Waals surface area contributed by atoms with E-state index in [1.54, 1.807) is 0 Å². The number of Topliss-reactive ketones (excluding diaryl/α,β-unsaturated/α-hetero) is 1. The fraction of sp³-hybridized carbons (Fsp3) is 0.615. The number of rotatable bonds is 0. The quantitative estimate of drug-likeness (QED) is 0.609. The minimum Gasteiger partial charge on any atom is -0.487 e. The lowest BCUT2D eigenvalue weighted by Crippen LogP contribution is -2.33. The molecule has 0 bridgehead atoms. The number of allylic oxidation sites excluding steroid dienone is 3. The maximum atomic E-state index is 11.9. The van der Waals surface area contributed by atoms with E-state index in [0.717, 1.165) is 17.8 Å². The van der Waals surface area contributed by atoms with Gasteiger partial charge >= 0.3 is 0 Å². The van der Waals surface area contributed by atoms with Crippen LogP contribution in [0.15, 0.2) is 23.5 Å². The van der Waals surface area contributed by atoms with Gasteiger partial charge in [0.15, 0.2) is 5.78 Å². The van der Waals surface area contributed by atoms with Crippen molar-refractivity contribution in [2.45, 2.75) is 46.1 Å². The van der Waals surface area contributed by atoms with Crippen molar-refractivity contribution < 1.29 is 9.53 Å². The zero-order valence-electron chi connectivity index (χ0n) is 9.89. The highest BCUT2D eigenvalue weighted by Gasteiger charge is 2.36. The minimum atomic E-state index is -0.271. The van der Waals surface area contributed by atoms with Crippen molar-refractivity contribution in [3.05, 3.63) is 23.5 Å². The van der Waals surface area contributed by atoms with Crippen molar-refractivity contribution in [2.75, 3.05) is 0 Å². The Balaban J connectivity index is 2.36. The lowest BCUT2D eigenvalue weighted by atomic mass is 9.75. The third-order valence-electron chi connectivity index (χ3n) is 2.92. The molecule has 2 rings (SSSR count). The van der Waals surface area contributed by atoms with Gasteiger partial charge in [-0.05, 0) is 31.4 Å². The molecule has 0 fully saturated rings. The molecule has 0 spiro atoms. The van der Waals surface area contributed by atoms with Gasteiger partial charge in [0.1, 0.15) is 11.4 Å².